The van der Waals surface area contributed by atoms with Crippen LogP contribution in [0.25, 0.3) is 0 Å². The smallest absolute Gasteiger partial charge is 0.0628 e. The van der Waals surface area contributed by atoms with Gasteiger partial charge in [0.05, 0.1) is 6.07 Å². The number of piperidine rings is 1. The fourth-order valence-corrected chi connectivity index (χ4v) is 2.22. The van der Waals surface area contributed by atoms with Crippen molar-refractivity contribution in [3.63, 3.8) is 0 Å². The van der Waals surface area contributed by atoms with Gasteiger partial charge in [-0.3, -0.25) is 0 Å². The zero-order chi connectivity index (χ0) is 7.03. The first-order valence-corrected chi connectivity index (χ1v) is 3.94. The summed E-state index contributed by atoms with van der Waals surface area (Å²) in [6.07, 6.45) is 3.31. The second-order valence-electron chi connectivity index (χ2n) is 3.61. The highest BCUT2D eigenvalue weighted by molar-refractivity contribution is 5.00. The van der Waals surface area contributed by atoms with Crippen LogP contribution in [0.3, 0.4) is 0 Å². The van der Waals surface area contributed by atoms with Crippen LogP contribution < -0.4 is 0 Å². The monoisotopic (exact) mass is 136 g/mol. The van der Waals surface area contributed by atoms with Gasteiger partial charge < -0.3 is 4.90 Å². The second kappa shape index (κ2) is 1.96. The van der Waals surface area contributed by atoms with E-state index in [1.807, 2.05) is 0 Å². The first-order valence-electron chi connectivity index (χ1n) is 3.94. The molecular weight excluding hydrogens is 124 g/mol. The maximum Gasteiger partial charge on any atom is 0.0628 e. The van der Waals surface area contributed by atoms with Gasteiger partial charge in [-0.15, -0.1) is 0 Å². The number of rotatable bonds is 1. The number of hydrogen-bond donors (Lipinski definition) is 0. The van der Waals surface area contributed by atoms with Crippen LogP contribution in [0.15, 0.2) is 0 Å². The molecule has 0 unspecified atom stereocenters. The van der Waals surface area contributed by atoms with Gasteiger partial charge in [0.1, 0.15) is 0 Å². The lowest BCUT2D eigenvalue weighted by molar-refractivity contribution is 0.325. The Morgan fingerprint density at radius 2 is 2.10 bits per heavy atom. The van der Waals surface area contributed by atoms with Crippen LogP contribution in [0.4, 0.5) is 0 Å². The largest absolute Gasteiger partial charge is 0.303 e. The zero-order valence-electron chi connectivity index (χ0n) is 6.14. The molecule has 0 atom stereocenters. The summed E-state index contributed by atoms with van der Waals surface area (Å²) < 4.78 is 0. The van der Waals surface area contributed by atoms with E-state index >= 15 is 0 Å². The van der Waals surface area contributed by atoms with Crippen molar-refractivity contribution >= 4 is 0 Å². The Labute approximate surface area is 61.4 Å². The van der Waals surface area contributed by atoms with E-state index in [2.05, 4.69) is 11.0 Å². The fourth-order valence-electron chi connectivity index (χ4n) is 2.22. The Morgan fingerprint density at radius 3 is 2.50 bits per heavy atom. The van der Waals surface area contributed by atoms with Gasteiger partial charge in [0, 0.05) is 13.0 Å². The van der Waals surface area contributed by atoms with Crippen molar-refractivity contribution in [2.75, 3.05) is 19.6 Å². The van der Waals surface area contributed by atoms with E-state index in [1.54, 1.807) is 0 Å². The van der Waals surface area contributed by atoms with E-state index in [0.29, 0.717) is 5.41 Å². The molecule has 2 saturated heterocycles. The van der Waals surface area contributed by atoms with Crippen LogP contribution in [0, 0.1) is 16.7 Å². The van der Waals surface area contributed by atoms with Crippen LogP contribution in [-0.4, -0.2) is 24.5 Å². The number of nitriles is 1. The molecule has 2 fully saturated rings. The van der Waals surface area contributed by atoms with Gasteiger partial charge in [0.25, 0.3) is 0 Å². The van der Waals surface area contributed by atoms with Gasteiger partial charge >= 0.3 is 0 Å². The Morgan fingerprint density at radius 1 is 1.40 bits per heavy atom. The van der Waals surface area contributed by atoms with E-state index in [1.165, 1.54) is 32.5 Å². The van der Waals surface area contributed by atoms with Crippen molar-refractivity contribution in [3.05, 3.63) is 0 Å². The summed E-state index contributed by atoms with van der Waals surface area (Å²) in [5.74, 6) is 0. The summed E-state index contributed by atoms with van der Waals surface area (Å²) in [5, 5.41) is 8.57. The lowest BCUT2D eigenvalue weighted by atomic mass is 9.82. The first kappa shape index (κ1) is 6.18. The molecule has 0 aromatic carbocycles. The molecule has 2 aliphatic rings. The number of fused-ring (bicyclic) bond motifs is 2. The number of nitrogens with zero attached hydrogens (tertiary/aromatic N) is 2. The van der Waals surface area contributed by atoms with Gasteiger partial charge in [0.2, 0.25) is 0 Å². The zero-order valence-corrected chi connectivity index (χ0v) is 6.14. The van der Waals surface area contributed by atoms with Crippen molar-refractivity contribution < 1.29 is 0 Å². The molecule has 0 N–H and O–H groups in total. The van der Waals surface area contributed by atoms with Crippen molar-refractivity contribution in [3.8, 4) is 6.07 Å². The standard InChI is InChI=1S/C8H12N2/c9-4-1-8-2-5-10(7-8)6-3-8/h1-3,5-7H2. The topological polar surface area (TPSA) is 27.0 Å². The molecule has 0 aromatic heterocycles. The van der Waals surface area contributed by atoms with E-state index in [-0.39, 0.29) is 0 Å². The second-order valence-corrected chi connectivity index (χ2v) is 3.61. The highest BCUT2D eigenvalue weighted by atomic mass is 15.2. The lowest BCUT2D eigenvalue weighted by Crippen LogP contribution is -2.18. The van der Waals surface area contributed by atoms with Crippen molar-refractivity contribution in [2.24, 2.45) is 5.41 Å². The minimum Gasteiger partial charge on any atom is -0.303 e. The summed E-state index contributed by atoms with van der Waals surface area (Å²) in [7, 11) is 0. The maximum atomic E-state index is 8.57. The Kier molecular flexibility index (Phi) is 1.21. The molecule has 2 aliphatic heterocycles. The average molecular weight is 136 g/mol. The Hall–Kier alpha value is -0.550. The fraction of sp³-hybridized carbons (Fsp3) is 0.875. The van der Waals surface area contributed by atoms with E-state index in [0.717, 1.165) is 6.42 Å². The summed E-state index contributed by atoms with van der Waals surface area (Å²) >= 11 is 0. The van der Waals surface area contributed by atoms with Crippen LogP contribution in [0.5, 0.6) is 0 Å². The predicted molar refractivity (Wildman–Crippen MR) is 38.3 cm³/mol. The van der Waals surface area contributed by atoms with Gasteiger partial charge in [0.15, 0.2) is 0 Å². The van der Waals surface area contributed by atoms with E-state index < -0.39 is 0 Å². The molecular formula is C8H12N2. The van der Waals surface area contributed by atoms with Crippen LogP contribution in [0.1, 0.15) is 19.3 Å². The molecule has 54 valence electrons. The molecule has 0 amide bonds. The molecule has 0 radical (unpaired) electrons. The number of hydrogen-bond acceptors (Lipinski definition) is 2. The molecule has 2 rings (SSSR count). The van der Waals surface area contributed by atoms with E-state index in [9.17, 15) is 0 Å². The van der Waals surface area contributed by atoms with Gasteiger partial charge in [-0.1, -0.05) is 0 Å². The average Bonchev–Trinajstić information content (AvgIpc) is 2.46. The maximum absolute atomic E-state index is 8.57. The molecule has 10 heavy (non-hydrogen) atoms. The Bertz CT molecular complexity index is 172. The lowest BCUT2D eigenvalue weighted by Gasteiger charge is -2.20. The molecule has 0 aliphatic carbocycles. The Balaban J connectivity index is 2.10. The third-order valence-electron chi connectivity index (χ3n) is 2.93. The SMILES string of the molecule is N#CCC12CCN(CC1)C2. The van der Waals surface area contributed by atoms with Crippen molar-refractivity contribution in [1.82, 2.24) is 4.90 Å². The van der Waals surface area contributed by atoms with Crippen molar-refractivity contribution in [1.29, 1.82) is 5.26 Å². The molecule has 2 nitrogen and oxygen atoms in total. The third-order valence-corrected chi connectivity index (χ3v) is 2.93. The summed E-state index contributed by atoms with van der Waals surface area (Å²) in [6, 6.07) is 2.30. The van der Waals surface area contributed by atoms with E-state index in [4.69, 9.17) is 5.26 Å². The first-order chi connectivity index (χ1) is 4.85. The molecule has 0 aromatic rings. The highest BCUT2D eigenvalue weighted by Gasteiger charge is 2.43. The normalized spacial score (nSPS) is 43.7. The summed E-state index contributed by atoms with van der Waals surface area (Å²) in [4.78, 5) is 2.47. The van der Waals surface area contributed by atoms with Crippen molar-refractivity contribution in [2.45, 2.75) is 19.3 Å². The highest BCUT2D eigenvalue weighted by Crippen LogP contribution is 2.42. The van der Waals surface area contributed by atoms with Gasteiger partial charge in [-0.05, 0) is 31.3 Å². The minimum atomic E-state index is 0.425. The van der Waals surface area contributed by atoms with Gasteiger partial charge in [-0.2, -0.15) is 5.26 Å². The van der Waals surface area contributed by atoms with Crippen LogP contribution in [0.2, 0.25) is 0 Å². The molecule has 2 bridgehead atoms. The predicted octanol–water partition coefficient (Wildman–Crippen LogP) is 0.996. The molecule has 0 saturated carbocycles. The molecule has 0 spiro atoms. The summed E-state index contributed by atoms with van der Waals surface area (Å²) in [5.41, 5.74) is 0.425. The van der Waals surface area contributed by atoms with Gasteiger partial charge in [-0.25, -0.2) is 0 Å². The quantitative estimate of drug-likeness (QED) is 0.537. The van der Waals surface area contributed by atoms with Crippen LogP contribution >= 0.6 is 0 Å². The van der Waals surface area contributed by atoms with Crippen LogP contribution in [-0.2, 0) is 0 Å². The minimum absolute atomic E-state index is 0.425. The third kappa shape index (κ3) is 0.741. The summed E-state index contributed by atoms with van der Waals surface area (Å²) in [6.45, 7) is 3.67. The molecule has 2 heterocycles. The molecule has 2 heteroatoms.